The lowest BCUT2D eigenvalue weighted by atomic mass is 10.0. The molecule has 1 amide bonds. The minimum atomic E-state index is -0.497. The Bertz CT molecular complexity index is 798. The van der Waals surface area contributed by atoms with Crippen LogP contribution in [0.5, 0.6) is 5.75 Å². The predicted molar refractivity (Wildman–Crippen MR) is 92.7 cm³/mol. The summed E-state index contributed by atoms with van der Waals surface area (Å²) < 4.78 is 5.22. The van der Waals surface area contributed by atoms with E-state index < -0.39 is 6.09 Å². The van der Waals surface area contributed by atoms with Crippen LogP contribution in [0.1, 0.15) is 5.56 Å². The molecule has 3 aromatic carbocycles. The first-order valence-electron chi connectivity index (χ1n) is 7.42. The summed E-state index contributed by atoms with van der Waals surface area (Å²) in [6.45, 7) is 2.02. The number of rotatable bonds is 3. The van der Waals surface area contributed by atoms with E-state index in [-0.39, 0.29) is 0 Å². The normalized spacial score (nSPS) is 10.1. The van der Waals surface area contributed by atoms with Crippen molar-refractivity contribution in [3.05, 3.63) is 84.4 Å². The smallest absolute Gasteiger partial charge is 0.410 e. The molecule has 0 bridgehead atoms. The summed E-state index contributed by atoms with van der Waals surface area (Å²) in [5.74, 6) is 0.516. The van der Waals surface area contributed by atoms with E-state index in [0.29, 0.717) is 11.4 Å². The molecule has 3 nitrogen and oxygen atoms in total. The fourth-order valence-electron chi connectivity index (χ4n) is 2.42. The molecular weight excluding hydrogens is 286 g/mol. The first kappa shape index (κ1) is 14.9. The molecule has 0 aromatic heterocycles. The van der Waals surface area contributed by atoms with E-state index >= 15 is 0 Å². The molecule has 0 unspecified atom stereocenters. The van der Waals surface area contributed by atoms with Crippen LogP contribution in [0.15, 0.2) is 78.9 Å². The number of para-hydroxylation sites is 1. The van der Waals surface area contributed by atoms with Gasteiger partial charge in [-0.1, -0.05) is 54.6 Å². The molecule has 0 saturated heterocycles. The molecule has 0 heterocycles. The van der Waals surface area contributed by atoms with Gasteiger partial charge >= 0.3 is 6.09 Å². The number of ether oxygens (including phenoxy) is 1. The van der Waals surface area contributed by atoms with Crippen molar-refractivity contribution in [3.8, 4) is 16.9 Å². The van der Waals surface area contributed by atoms with E-state index in [1.165, 1.54) is 0 Å². The van der Waals surface area contributed by atoms with Gasteiger partial charge in [0.2, 0.25) is 0 Å². The van der Waals surface area contributed by atoms with Crippen molar-refractivity contribution in [3.63, 3.8) is 0 Å². The molecule has 0 radical (unpaired) electrons. The minimum absolute atomic E-state index is 0.497. The van der Waals surface area contributed by atoms with Crippen LogP contribution in [0.3, 0.4) is 0 Å². The van der Waals surface area contributed by atoms with Crippen molar-refractivity contribution in [2.75, 3.05) is 5.32 Å². The Labute approximate surface area is 135 Å². The molecule has 3 rings (SSSR count). The molecular formula is C20H17NO2. The zero-order valence-corrected chi connectivity index (χ0v) is 12.8. The van der Waals surface area contributed by atoms with Crippen molar-refractivity contribution >= 4 is 11.8 Å². The van der Waals surface area contributed by atoms with Gasteiger partial charge in [0, 0.05) is 5.69 Å². The van der Waals surface area contributed by atoms with Gasteiger partial charge in [-0.3, -0.25) is 5.32 Å². The van der Waals surface area contributed by atoms with Crippen molar-refractivity contribution < 1.29 is 9.53 Å². The van der Waals surface area contributed by atoms with E-state index in [0.717, 1.165) is 16.7 Å². The maximum atomic E-state index is 11.9. The summed E-state index contributed by atoms with van der Waals surface area (Å²) >= 11 is 0. The molecule has 0 atom stereocenters. The number of amides is 1. The van der Waals surface area contributed by atoms with Crippen LogP contribution in [0, 0.1) is 6.92 Å². The highest BCUT2D eigenvalue weighted by molar-refractivity contribution is 5.87. The third-order valence-corrected chi connectivity index (χ3v) is 3.51. The Hall–Kier alpha value is -3.07. The molecule has 1 N–H and O–H groups in total. The third-order valence-electron chi connectivity index (χ3n) is 3.51. The van der Waals surface area contributed by atoms with E-state index in [9.17, 15) is 4.79 Å². The van der Waals surface area contributed by atoms with Gasteiger partial charge in [-0.25, -0.2) is 4.79 Å². The highest BCUT2D eigenvalue weighted by Gasteiger charge is 2.07. The fraction of sp³-hybridized carbons (Fsp3) is 0.0500. The number of carbonyl (C=O) groups excluding carboxylic acids is 1. The van der Waals surface area contributed by atoms with Crippen LogP contribution >= 0.6 is 0 Å². The quantitative estimate of drug-likeness (QED) is 0.715. The average Bonchev–Trinajstić information content (AvgIpc) is 2.56. The second kappa shape index (κ2) is 6.79. The first-order valence-corrected chi connectivity index (χ1v) is 7.42. The molecule has 3 aromatic rings. The minimum Gasteiger partial charge on any atom is -0.410 e. The number of hydrogen-bond donors (Lipinski definition) is 1. The van der Waals surface area contributed by atoms with E-state index in [2.05, 4.69) is 17.4 Å². The van der Waals surface area contributed by atoms with Crippen LogP contribution < -0.4 is 10.1 Å². The predicted octanol–water partition coefficient (Wildman–Crippen LogP) is 5.27. The zero-order chi connectivity index (χ0) is 16.1. The van der Waals surface area contributed by atoms with Gasteiger partial charge in [0.05, 0.1) is 0 Å². The summed E-state index contributed by atoms with van der Waals surface area (Å²) in [5.41, 5.74) is 4.10. The summed E-state index contributed by atoms with van der Waals surface area (Å²) in [4.78, 5) is 11.9. The van der Waals surface area contributed by atoms with Gasteiger partial charge in [0.25, 0.3) is 0 Å². The number of anilines is 1. The maximum Gasteiger partial charge on any atom is 0.417 e. The molecule has 0 fully saturated rings. The summed E-state index contributed by atoms with van der Waals surface area (Å²) in [6, 6.07) is 25.0. The second-order valence-corrected chi connectivity index (χ2v) is 5.22. The monoisotopic (exact) mass is 303 g/mol. The second-order valence-electron chi connectivity index (χ2n) is 5.22. The zero-order valence-electron chi connectivity index (χ0n) is 12.8. The van der Waals surface area contributed by atoms with Gasteiger partial charge < -0.3 is 4.74 Å². The molecule has 0 aliphatic rings. The lowest BCUT2D eigenvalue weighted by Crippen LogP contribution is -2.16. The molecule has 0 aliphatic carbocycles. The molecule has 0 saturated carbocycles. The number of benzene rings is 3. The van der Waals surface area contributed by atoms with Crippen LogP contribution in [0.2, 0.25) is 0 Å². The van der Waals surface area contributed by atoms with Crippen molar-refractivity contribution in [2.45, 2.75) is 6.92 Å². The molecule has 114 valence electrons. The van der Waals surface area contributed by atoms with Gasteiger partial charge in [-0.2, -0.15) is 0 Å². The van der Waals surface area contributed by atoms with Crippen molar-refractivity contribution in [1.29, 1.82) is 0 Å². The van der Waals surface area contributed by atoms with E-state index in [1.54, 1.807) is 12.1 Å². The van der Waals surface area contributed by atoms with Gasteiger partial charge in [-0.15, -0.1) is 0 Å². The van der Waals surface area contributed by atoms with Crippen LogP contribution in [-0.4, -0.2) is 6.09 Å². The number of carbonyl (C=O) groups is 1. The standard InChI is InChI=1S/C20H17NO2/c1-15-14-17(12-13-19(15)16-8-4-2-5-9-16)21-20(22)23-18-10-6-3-7-11-18/h2-14H,1H3,(H,21,22). The topological polar surface area (TPSA) is 38.3 Å². The average molecular weight is 303 g/mol. The van der Waals surface area contributed by atoms with E-state index in [4.69, 9.17) is 4.74 Å². The fourth-order valence-corrected chi connectivity index (χ4v) is 2.42. The molecule has 23 heavy (non-hydrogen) atoms. The highest BCUT2D eigenvalue weighted by Crippen LogP contribution is 2.25. The highest BCUT2D eigenvalue weighted by atomic mass is 16.6. The van der Waals surface area contributed by atoms with Gasteiger partial charge in [0.1, 0.15) is 5.75 Å². The summed E-state index contributed by atoms with van der Waals surface area (Å²) in [6.07, 6.45) is -0.497. The van der Waals surface area contributed by atoms with Gasteiger partial charge in [-0.05, 0) is 47.9 Å². The van der Waals surface area contributed by atoms with Crippen molar-refractivity contribution in [2.24, 2.45) is 0 Å². The number of nitrogens with one attached hydrogen (secondary N) is 1. The van der Waals surface area contributed by atoms with E-state index in [1.807, 2.05) is 61.5 Å². The first-order chi connectivity index (χ1) is 11.2. The lowest BCUT2D eigenvalue weighted by molar-refractivity contribution is 0.215. The van der Waals surface area contributed by atoms with Crippen LogP contribution in [-0.2, 0) is 0 Å². The molecule has 0 aliphatic heterocycles. The Balaban J connectivity index is 1.72. The SMILES string of the molecule is Cc1cc(NC(=O)Oc2ccccc2)ccc1-c1ccccc1. The van der Waals surface area contributed by atoms with Crippen LogP contribution in [0.4, 0.5) is 10.5 Å². The van der Waals surface area contributed by atoms with Crippen LogP contribution in [0.25, 0.3) is 11.1 Å². The summed E-state index contributed by atoms with van der Waals surface area (Å²) in [5, 5.41) is 2.75. The Morgan fingerprint density at radius 2 is 1.52 bits per heavy atom. The Kier molecular flexibility index (Phi) is 4.39. The lowest BCUT2D eigenvalue weighted by Gasteiger charge is -2.10. The number of aryl methyl sites for hydroxylation is 1. The summed E-state index contributed by atoms with van der Waals surface area (Å²) in [7, 11) is 0. The van der Waals surface area contributed by atoms with Crippen molar-refractivity contribution in [1.82, 2.24) is 0 Å². The van der Waals surface area contributed by atoms with Gasteiger partial charge in [0.15, 0.2) is 0 Å². The maximum absolute atomic E-state index is 11.9. The molecule has 0 spiro atoms. The Morgan fingerprint density at radius 1 is 0.870 bits per heavy atom. The Morgan fingerprint density at radius 3 is 2.17 bits per heavy atom. The number of hydrogen-bond acceptors (Lipinski definition) is 2. The largest absolute Gasteiger partial charge is 0.417 e. The third kappa shape index (κ3) is 3.77. The molecule has 3 heteroatoms.